The van der Waals surface area contributed by atoms with E-state index in [4.69, 9.17) is 18.6 Å². The number of nitrogens with one attached hydrogen (secondary N) is 1. The van der Waals surface area contributed by atoms with Crippen molar-refractivity contribution in [3.05, 3.63) is 72.2 Å². The van der Waals surface area contributed by atoms with Gasteiger partial charge in [-0.05, 0) is 80.8 Å². The zero-order valence-corrected chi connectivity index (χ0v) is 23.4. The standard InChI is InChI=1S/C30H39N3O6/c1-6-22(3)33(30(35)31-24-11-13-25(14-12-24)38-7-2)21-29(34)32(20-26-9-8-18-39-26)17-16-23-10-15-27(36-4)28(19-23)37-5/h8-15,18-19,22H,6-7,16-17,20-21H2,1-5H3,(H,31,35). The normalized spacial score (nSPS) is 11.4. The zero-order valence-electron chi connectivity index (χ0n) is 23.4. The van der Waals surface area contributed by atoms with Crippen molar-refractivity contribution in [1.29, 1.82) is 0 Å². The lowest BCUT2D eigenvalue weighted by molar-refractivity contribution is -0.133. The predicted octanol–water partition coefficient (Wildman–Crippen LogP) is 5.60. The molecule has 1 N–H and O–H groups in total. The molecular weight excluding hydrogens is 498 g/mol. The van der Waals surface area contributed by atoms with Crippen LogP contribution < -0.4 is 19.5 Å². The van der Waals surface area contributed by atoms with Crippen LogP contribution in [-0.2, 0) is 17.8 Å². The lowest BCUT2D eigenvalue weighted by Crippen LogP contribution is -2.48. The van der Waals surface area contributed by atoms with Gasteiger partial charge in [0.2, 0.25) is 5.91 Å². The second-order valence-corrected chi connectivity index (χ2v) is 9.11. The maximum Gasteiger partial charge on any atom is 0.322 e. The highest BCUT2D eigenvalue weighted by Gasteiger charge is 2.25. The first-order valence-electron chi connectivity index (χ1n) is 13.2. The van der Waals surface area contributed by atoms with Crippen molar-refractivity contribution in [3.63, 3.8) is 0 Å². The number of ether oxygens (including phenoxy) is 3. The number of amides is 3. The molecular formula is C30H39N3O6. The molecule has 2 aromatic carbocycles. The first-order chi connectivity index (χ1) is 18.9. The number of carbonyl (C=O) groups excluding carboxylic acids is 2. The minimum Gasteiger partial charge on any atom is -0.494 e. The molecule has 0 saturated carbocycles. The summed E-state index contributed by atoms with van der Waals surface area (Å²) in [6.07, 6.45) is 2.88. The van der Waals surface area contributed by atoms with Crippen LogP contribution in [0.2, 0.25) is 0 Å². The van der Waals surface area contributed by atoms with Gasteiger partial charge >= 0.3 is 6.03 Å². The van der Waals surface area contributed by atoms with Crippen LogP contribution in [0.1, 0.15) is 38.5 Å². The van der Waals surface area contributed by atoms with Crippen molar-refractivity contribution < 1.29 is 28.2 Å². The van der Waals surface area contributed by atoms with Gasteiger partial charge in [0.05, 0.1) is 33.6 Å². The third-order valence-corrected chi connectivity index (χ3v) is 6.50. The van der Waals surface area contributed by atoms with E-state index in [0.717, 1.165) is 11.3 Å². The van der Waals surface area contributed by atoms with Crippen LogP contribution in [0.5, 0.6) is 17.2 Å². The monoisotopic (exact) mass is 537 g/mol. The van der Waals surface area contributed by atoms with Crippen molar-refractivity contribution in [2.75, 3.05) is 39.2 Å². The zero-order chi connectivity index (χ0) is 28.2. The number of nitrogens with zero attached hydrogens (tertiary/aromatic N) is 2. The minimum absolute atomic E-state index is 0.0650. The molecule has 0 bridgehead atoms. The molecule has 0 aliphatic rings. The maximum atomic E-state index is 13.6. The first-order valence-corrected chi connectivity index (χ1v) is 13.2. The molecule has 1 aromatic heterocycles. The number of methoxy groups -OCH3 is 2. The van der Waals surface area contributed by atoms with Crippen LogP contribution in [0.25, 0.3) is 0 Å². The summed E-state index contributed by atoms with van der Waals surface area (Å²) in [5, 5.41) is 2.91. The van der Waals surface area contributed by atoms with E-state index in [2.05, 4.69) is 5.32 Å². The van der Waals surface area contributed by atoms with Crippen LogP contribution in [0.15, 0.2) is 65.3 Å². The van der Waals surface area contributed by atoms with E-state index in [9.17, 15) is 9.59 Å². The van der Waals surface area contributed by atoms with Crippen molar-refractivity contribution in [2.24, 2.45) is 0 Å². The topological polar surface area (TPSA) is 93.5 Å². The Labute approximate surface area is 230 Å². The summed E-state index contributed by atoms with van der Waals surface area (Å²) in [4.78, 5) is 30.2. The highest BCUT2D eigenvalue weighted by atomic mass is 16.5. The average Bonchev–Trinajstić information content (AvgIpc) is 3.47. The minimum atomic E-state index is -0.334. The molecule has 0 aliphatic carbocycles. The summed E-state index contributed by atoms with van der Waals surface area (Å²) in [6.45, 7) is 7.08. The molecule has 0 fully saturated rings. The van der Waals surface area contributed by atoms with E-state index >= 15 is 0 Å². The van der Waals surface area contributed by atoms with Gasteiger partial charge < -0.3 is 33.7 Å². The molecule has 1 heterocycles. The van der Waals surface area contributed by atoms with Gasteiger partial charge in [-0.1, -0.05) is 13.0 Å². The highest BCUT2D eigenvalue weighted by Crippen LogP contribution is 2.28. The number of hydrogen-bond donors (Lipinski definition) is 1. The summed E-state index contributed by atoms with van der Waals surface area (Å²) in [5.41, 5.74) is 1.63. The molecule has 39 heavy (non-hydrogen) atoms. The highest BCUT2D eigenvalue weighted by molar-refractivity contribution is 5.92. The number of rotatable bonds is 14. The molecule has 210 valence electrons. The molecule has 1 unspecified atom stereocenters. The van der Waals surface area contributed by atoms with Gasteiger partial charge in [0.25, 0.3) is 0 Å². The van der Waals surface area contributed by atoms with Crippen LogP contribution in [0.3, 0.4) is 0 Å². The Bertz CT molecular complexity index is 1180. The molecule has 9 heteroatoms. The predicted molar refractivity (Wildman–Crippen MR) is 150 cm³/mol. The van der Waals surface area contributed by atoms with E-state index < -0.39 is 0 Å². The fourth-order valence-electron chi connectivity index (χ4n) is 4.07. The van der Waals surface area contributed by atoms with Crippen LogP contribution in [0.4, 0.5) is 10.5 Å². The van der Waals surface area contributed by atoms with E-state index in [1.54, 1.807) is 60.6 Å². The molecule has 3 amide bonds. The Morgan fingerprint density at radius 1 is 1.00 bits per heavy atom. The summed E-state index contributed by atoms with van der Waals surface area (Å²) in [5.74, 6) is 2.51. The Morgan fingerprint density at radius 3 is 2.36 bits per heavy atom. The number of carbonyl (C=O) groups is 2. The third-order valence-electron chi connectivity index (χ3n) is 6.50. The molecule has 9 nitrogen and oxygen atoms in total. The molecule has 0 saturated heterocycles. The van der Waals surface area contributed by atoms with Crippen molar-refractivity contribution >= 4 is 17.6 Å². The van der Waals surface area contributed by atoms with Gasteiger partial charge in [-0.15, -0.1) is 0 Å². The SMILES string of the molecule is CCOc1ccc(NC(=O)N(CC(=O)N(CCc2ccc(OC)c(OC)c2)Cc2ccco2)C(C)CC)cc1. The second-order valence-electron chi connectivity index (χ2n) is 9.11. The lowest BCUT2D eigenvalue weighted by Gasteiger charge is -2.31. The van der Waals surface area contributed by atoms with Gasteiger partial charge in [-0.3, -0.25) is 4.79 Å². The van der Waals surface area contributed by atoms with Crippen LogP contribution >= 0.6 is 0 Å². The van der Waals surface area contributed by atoms with E-state index in [-0.39, 0.29) is 24.5 Å². The number of hydrogen-bond acceptors (Lipinski definition) is 6. The van der Waals surface area contributed by atoms with Gasteiger partial charge in [0.1, 0.15) is 18.1 Å². The molecule has 1 atom stereocenters. The Hall–Kier alpha value is -4.14. The second kappa shape index (κ2) is 14.7. The van der Waals surface area contributed by atoms with Gasteiger partial charge in [-0.2, -0.15) is 0 Å². The molecule has 0 aliphatic heterocycles. The maximum absolute atomic E-state index is 13.6. The van der Waals surface area contributed by atoms with E-state index in [1.165, 1.54) is 0 Å². The van der Waals surface area contributed by atoms with Crippen molar-refractivity contribution in [3.8, 4) is 17.2 Å². The molecule has 3 rings (SSSR count). The van der Waals surface area contributed by atoms with Gasteiger partial charge in [0, 0.05) is 18.3 Å². The number of urea groups is 1. The summed E-state index contributed by atoms with van der Waals surface area (Å²) in [7, 11) is 3.19. The smallest absolute Gasteiger partial charge is 0.322 e. The molecule has 0 spiro atoms. The van der Waals surface area contributed by atoms with Crippen LogP contribution in [-0.4, -0.2) is 61.7 Å². The van der Waals surface area contributed by atoms with Gasteiger partial charge in [0.15, 0.2) is 11.5 Å². The first kappa shape index (κ1) is 29.4. The van der Waals surface area contributed by atoms with Crippen molar-refractivity contribution in [1.82, 2.24) is 9.80 Å². The number of benzene rings is 2. The average molecular weight is 538 g/mol. The van der Waals surface area contributed by atoms with Crippen molar-refractivity contribution in [2.45, 2.75) is 46.2 Å². The lowest BCUT2D eigenvalue weighted by atomic mass is 10.1. The summed E-state index contributed by atoms with van der Waals surface area (Å²) < 4.78 is 21.8. The fourth-order valence-corrected chi connectivity index (χ4v) is 4.07. The largest absolute Gasteiger partial charge is 0.494 e. The summed E-state index contributed by atoms with van der Waals surface area (Å²) in [6, 6.07) is 16.0. The number of furan rings is 1. The van der Waals surface area contributed by atoms with Crippen LogP contribution in [0, 0.1) is 0 Å². The Kier molecular flexibility index (Phi) is 11.1. The van der Waals surface area contributed by atoms with Gasteiger partial charge in [-0.25, -0.2) is 4.79 Å². The van der Waals surface area contributed by atoms with E-state index in [1.807, 2.05) is 45.0 Å². The summed E-state index contributed by atoms with van der Waals surface area (Å²) >= 11 is 0. The third kappa shape index (κ3) is 8.43. The fraction of sp³-hybridized carbons (Fsp3) is 0.400. The quantitative estimate of drug-likeness (QED) is 0.288. The molecule has 3 aromatic rings. The Morgan fingerprint density at radius 2 is 1.74 bits per heavy atom. The number of anilines is 1. The van der Waals surface area contributed by atoms with E-state index in [0.29, 0.717) is 55.5 Å². The molecule has 0 radical (unpaired) electrons. The Balaban J connectivity index is 1.73.